The molecule has 0 aliphatic carbocycles. The van der Waals surface area contributed by atoms with Crippen LogP contribution in [0.1, 0.15) is 220 Å². The van der Waals surface area contributed by atoms with Crippen molar-refractivity contribution in [1.82, 2.24) is 0 Å². The maximum Gasteiger partial charge on any atom is 0.306 e. The Kier molecular flexibility index (Phi) is 57.6. The lowest BCUT2D eigenvalue weighted by molar-refractivity contribution is -0.167. The van der Waals surface area contributed by atoms with Gasteiger partial charge < -0.3 is 14.2 Å². The van der Waals surface area contributed by atoms with Crippen LogP contribution in [0.2, 0.25) is 0 Å². The number of allylic oxidation sites excluding steroid dienone is 30. The van der Waals surface area contributed by atoms with Gasteiger partial charge in [0, 0.05) is 19.3 Å². The molecule has 0 aliphatic rings. The van der Waals surface area contributed by atoms with Crippen LogP contribution in [0.4, 0.5) is 0 Å². The first-order valence-corrected chi connectivity index (χ1v) is 29.8. The predicted molar refractivity (Wildman–Crippen MR) is 329 cm³/mol. The molecule has 6 heteroatoms. The van der Waals surface area contributed by atoms with Crippen molar-refractivity contribution in [1.29, 1.82) is 0 Å². The van der Waals surface area contributed by atoms with E-state index in [1.54, 1.807) is 0 Å². The molecule has 0 radical (unpaired) electrons. The molecule has 0 amide bonds. The van der Waals surface area contributed by atoms with Gasteiger partial charge in [0.2, 0.25) is 0 Å². The highest BCUT2D eigenvalue weighted by Gasteiger charge is 2.19. The average molecular weight is 1040 g/mol. The van der Waals surface area contributed by atoms with Crippen molar-refractivity contribution in [3.8, 4) is 0 Å². The summed E-state index contributed by atoms with van der Waals surface area (Å²) in [6, 6.07) is 0. The first-order valence-electron chi connectivity index (χ1n) is 29.8. The molecule has 0 N–H and O–H groups in total. The zero-order chi connectivity index (χ0) is 55.0. The number of ether oxygens (including phenoxy) is 3. The number of carbonyl (C=O) groups excluding carboxylic acids is 3. The van der Waals surface area contributed by atoms with Gasteiger partial charge in [-0.3, -0.25) is 14.4 Å². The third kappa shape index (κ3) is 59.4. The third-order valence-corrected chi connectivity index (χ3v) is 11.6. The van der Waals surface area contributed by atoms with E-state index in [2.05, 4.69) is 203 Å². The average Bonchev–Trinajstić information content (AvgIpc) is 3.42. The topological polar surface area (TPSA) is 78.9 Å². The zero-order valence-corrected chi connectivity index (χ0v) is 48.2. The van der Waals surface area contributed by atoms with Crippen LogP contribution in [0.25, 0.3) is 0 Å². The second-order valence-electron chi connectivity index (χ2n) is 18.8. The summed E-state index contributed by atoms with van der Waals surface area (Å²) in [6.07, 6.45) is 93.2. The lowest BCUT2D eigenvalue weighted by atomic mass is 10.1. The molecule has 0 aromatic carbocycles. The highest BCUT2D eigenvalue weighted by atomic mass is 16.6. The van der Waals surface area contributed by atoms with Crippen molar-refractivity contribution in [3.05, 3.63) is 182 Å². The van der Waals surface area contributed by atoms with Crippen LogP contribution in [0.5, 0.6) is 0 Å². The van der Waals surface area contributed by atoms with E-state index < -0.39 is 6.10 Å². The fourth-order valence-electron chi connectivity index (χ4n) is 7.21. The Hall–Kier alpha value is -5.49. The lowest BCUT2D eigenvalue weighted by Crippen LogP contribution is -2.30. The van der Waals surface area contributed by atoms with Crippen molar-refractivity contribution in [3.63, 3.8) is 0 Å². The SMILES string of the molecule is CC/C=C\C/C=C\C/C=C\C/C=C\C/C=C\C/C=C\C/C=C\C/C=C\C/C=C\CCCC(=O)OCC(COC(=O)CCCCCCC/C=C\C/C=C\CCCC)OC(=O)CCCC/C=C\C/C=C\C/C=C\C/C=C\CC. The molecule has 0 heterocycles. The number of esters is 3. The molecule has 0 bridgehead atoms. The molecule has 0 aliphatic heterocycles. The number of rotatable bonds is 51. The molecule has 0 aromatic rings. The van der Waals surface area contributed by atoms with Crippen LogP contribution in [0, 0.1) is 0 Å². The zero-order valence-electron chi connectivity index (χ0n) is 48.2. The molecule has 0 saturated heterocycles. The van der Waals surface area contributed by atoms with E-state index in [0.29, 0.717) is 19.3 Å². The molecule has 6 nitrogen and oxygen atoms in total. The van der Waals surface area contributed by atoms with E-state index in [1.165, 1.54) is 19.3 Å². The molecular weight excluding hydrogens is 937 g/mol. The van der Waals surface area contributed by atoms with E-state index in [4.69, 9.17) is 14.2 Å². The largest absolute Gasteiger partial charge is 0.462 e. The minimum Gasteiger partial charge on any atom is -0.462 e. The Morgan fingerprint density at radius 2 is 0.526 bits per heavy atom. The van der Waals surface area contributed by atoms with Crippen LogP contribution in [-0.4, -0.2) is 37.2 Å². The minimum atomic E-state index is -0.840. The molecule has 0 saturated carbocycles. The maximum absolute atomic E-state index is 12.8. The number of hydrogen-bond donors (Lipinski definition) is 0. The van der Waals surface area contributed by atoms with Gasteiger partial charge in [-0.15, -0.1) is 0 Å². The second kappa shape index (κ2) is 62.1. The fourth-order valence-corrected chi connectivity index (χ4v) is 7.21. The molecule has 0 spiro atoms. The van der Waals surface area contributed by atoms with E-state index in [9.17, 15) is 14.4 Å². The lowest BCUT2D eigenvalue weighted by Gasteiger charge is -2.18. The summed E-state index contributed by atoms with van der Waals surface area (Å²) in [6.45, 7) is 6.25. The molecule has 76 heavy (non-hydrogen) atoms. The van der Waals surface area contributed by atoms with Crippen LogP contribution >= 0.6 is 0 Å². The molecule has 0 aromatic heterocycles. The Labute approximate surface area is 465 Å². The van der Waals surface area contributed by atoms with Crippen molar-refractivity contribution in [2.45, 2.75) is 226 Å². The monoisotopic (exact) mass is 1040 g/mol. The second-order valence-corrected chi connectivity index (χ2v) is 18.8. The highest BCUT2D eigenvalue weighted by Crippen LogP contribution is 2.11. The van der Waals surface area contributed by atoms with Crippen LogP contribution in [-0.2, 0) is 28.6 Å². The van der Waals surface area contributed by atoms with Gasteiger partial charge in [-0.2, -0.15) is 0 Å². The van der Waals surface area contributed by atoms with E-state index in [0.717, 1.165) is 148 Å². The van der Waals surface area contributed by atoms with E-state index in [1.807, 2.05) is 0 Å². The quantitative estimate of drug-likeness (QED) is 0.0261. The van der Waals surface area contributed by atoms with Crippen molar-refractivity contribution < 1.29 is 28.6 Å². The summed E-state index contributed by atoms with van der Waals surface area (Å²) >= 11 is 0. The van der Waals surface area contributed by atoms with Gasteiger partial charge in [0.1, 0.15) is 13.2 Å². The first kappa shape index (κ1) is 70.5. The smallest absolute Gasteiger partial charge is 0.306 e. The Morgan fingerprint density at radius 3 is 0.882 bits per heavy atom. The Balaban J connectivity index is 4.52. The van der Waals surface area contributed by atoms with Gasteiger partial charge >= 0.3 is 17.9 Å². The summed E-state index contributed by atoms with van der Waals surface area (Å²) < 4.78 is 16.8. The van der Waals surface area contributed by atoms with Gasteiger partial charge in [-0.25, -0.2) is 0 Å². The molecule has 422 valence electrons. The molecule has 1 atom stereocenters. The van der Waals surface area contributed by atoms with Gasteiger partial charge in [0.05, 0.1) is 0 Å². The van der Waals surface area contributed by atoms with E-state index in [-0.39, 0.29) is 44.0 Å². The van der Waals surface area contributed by atoms with Crippen LogP contribution in [0.15, 0.2) is 182 Å². The fraction of sp³-hybridized carbons (Fsp3) is 0.529. The summed E-state index contributed by atoms with van der Waals surface area (Å²) in [4.78, 5) is 38.1. The van der Waals surface area contributed by atoms with Crippen molar-refractivity contribution >= 4 is 17.9 Å². The normalized spacial score (nSPS) is 13.5. The van der Waals surface area contributed by atoms with Gasteiger partial charge in [-0.1, -0.05) is 235 Å². The Morgan fingerprint density at radius 1 is 0.276 bits per heavy atom. The van der Waals surface area contributed by atoms with Crippen LogP contribution in [0.3, 0.4) is 0 Å². The van der Waals surface area contributed by atoms with Crippen molar-refractivity contribution in [2.75, 3.05) is 13.2 Å². The van der Waals surface area contributed by atoms with E-state index >= 15 is 0 Å². The summed E-state index contributed by atoms with van der Waals surface area (Å²) in [7, 11) is 0. The summed E-state index contributed by atoms with van der Waals surface area (Å²) in [5, 5.41) is 0. The van der Waals surface area contributed by atoms with Crippen LogP contribution < -0.4 is 0 Å². The maximum atomic E-state index is 12.8. The first-order chi connectivity index (χ1) is 37.5. The Bertz CT molecular complexity index is 1820. The molecular formula is C70H106O6. The summed E-state index contributed by atoms with van der Waals surface area (Å²) in [5.41, 5.74) is 0. The molecule has 0 fully saturated rings. The predicted octanol–water partition coefficient (Wildman–Crippen LogP) is 20.5. The third-order valence-electron chi connectivity index (χ3n) is 11.6. The minimum absolute atomic E-state index is 0.130. The van der Waals surface area contributed by atoms with Gasteiger partial charge in [-0.05, 0) is 148 Å². The number of carbonyl (C=O) groups is 3. The molecule has 0 rings (SSSR count). The number of unbranched alkanes of at least 4 members (excludes halogenated alkanes) is 10. The summed E-state index contributed by atoms with van der Waals surface area (Å²) in [5.74, 6) is -1.06. The standard InChI is InChI=1S/C70H106O6/c1-4-7-10-13-16-19-22-25-28-29-30-31-32-33-34-35-36-37-38-39-40-41-43-45-48-51-54-57-60-63-69(72)75-66-67(65-74-68(71)62-59-56-53-50-47-44-27-24-21-18-15-12-9-6-3)76-70(73)64-61-58-55-52-49-46-42-26-23-20-17-14-11-8-5-2/h7-8,10-11,15-20,24-28,30-31,33-34,36-37,39-40,42-43,45,49,51-52,54,67H,4-6,9,12-14,21-23,29,32,35,38,41,44,46-48,50,53,55-66H2,1-3H3/b10-7-,11-8-,18-15-,19-16-,20-17-,27-24-,28-25-,31-30-,34-33-,37-36-,40-39-,42-26-,45-43-,52-49-,54-51-. The highest BCUT2D eigenvalue weighted by molar-refractivity contribution is 5.71. The number of hydrogen-bond acceptors (Lipinski definition) is 6. The molecule has 1 unspecified atom stereocenters. The van der Waals surface area contributed by atoms with Gasteiger partial charge in [0.15, 0.2) is 6.10 Å². The van der Waals surface area contributed by atoms with Gasteiger partial charge in [0.25, 0.3) is 0 Å². The van der Waals surface area contributed by atoms with Crippen molar-refractivity contribution in [2.24, 2.45) is 0 Å².